The van der Waals surface area contributed by atoms with Gasteiger partial charge in [-0.1, -0.05) is 0 Å². The highest BCUT2D eigenvalue weighted by atomic mass is 19.4. The molecule has 0 aliphatic heterocycles. The van der Waals surface area contributed by atoms with Crippen LogP contribution >= 0.6 is 0 Å². The van der Waals surface area contributed by atoms with Gasteiger partial charge in [-0.15, -0.1) is 0 Å². The number of alkyl halides is 9. The van der Waals surface area contributed by atoms with Crippen molar-refractivity contribution in [1.29, 1.82) is 0 Å². The number of carboxylic acids is 1. The van der Waals surface area contributed by atoms with Crippen LogP contribution in [0.15, 0.2) is 67.3 Å². The van der Waals surface area contributed by atoms with Crippen LogP contribution in [0.4, 0.5) is 45.5 Å². The van der Waals surface area contributed by atoms with Crippen molar-refractivity contribution >= 4 is 11.9 Å². The van der Waals surface area contributed by atoms with Gasteiger partial charge in [0.05, 0.1) is 35.7 Å². The maximum atomic E-state index is 13.7. The summed E-state index contributed by atoms with van der Waals surface area (Å²) in [7, 11) is 0. The second-order valence-electron chi connectivity index (χ2n) is 9.79. The van der Waals surface area contributed by atoms with E-state index in [-0.39, 0.29) is 54.5 Å². The molecule has 250 valence electrons. The zero-order valence-corrected chi connectivity index (χ0v) is 23.7. The lowest BCUT2D eigenvalue weighted by Crippen LogP contribution is -2.25. The van der Waals surface area contributed by atoms with E-state index in [4.69, 9.17) is 14.6 Å². The zero-order chi connectivity index (χ0) is 34.4. The molecule has 9 nitrogen and oxygen atoms in total. The Hall–Kier alpha value is -5.16. The molecule has 0 aliphatic rings. The second-order valence-corrected chi connectivity index (χ2v) is 9.79. The lowest BCUT2D eigenvalue weighted by molar-refractivity contribution is -0.143. The molecule has 4 rings (SSSR count). The normalized spacial score (nSPS) is 12.1. The van der Waals surface area contributed by atoms with E-state index >= 15 is 0 Å². The molecule has 2 heterocycles. The highest BCUT2D eigenvalue weighted by Crippen LogP contribution is 2.38. The summed E-state index contributed by atoms with van der Waals surface area (Å²) in [4.78, 5) is 27.5. The minimum Gasteiger partial charge on any atom is -0.490 e. The van der Waals surface area contributed by atoms with Gasteiger partial charge in [0.1, 0.15) is 5.75 Å². The van der Waals surface area contributed by atoms with E-state index in [0.717, 1.165) is 23.4 Å². The Balaban J connectivity index is 1.77. The summed E-state index contributed by atoms with van der Waals surface area (Å²) in [5, 5.41) is 8.75. The van der Waals surface area contributed by atoms with Gasteiger partial charge in [-0.3, -0.25) is 4.79 Å². The fourth-order valence-corrected chi connectivity index (χ4v) is 4.11. The van der Waals surface area contributed by atoms with Gasteiger partial charge in [0, 0.05) is 37.5 Å². The van der Waals surface area contributed by atoms with Crippen molar-refractivity contribution in [3.8, 4) is 17.5 Å². The predicted octanol–water partition coefficient (Wildman–Crippen LogP) is 7.57. The third-order valence-corrected chi connectivity index (χ3v) is 6.21. The summed E-state index contributed by atoms with van der Waals surface area (Å²) < 4.78 is 134. The summed E-state index contributed by atoms with van der Waals surface area (Å²) >= 11 is 0. The van der Waals surface area contributed by atoms with Crippen LogP contribution in [0.3, 0.4) is 0 Å². The minimum atomic E-state index is -5.16. The van der Waals surface area contributed by atoms with E-state index in [1.54, 1.807) is 0 Å². The molecule has 4 aromatic rings. The molecule has 1 N–H and O–H groups in total. The second kappa shape index (κ2) is 14.1. The number of ether oxygens (including phenoxy) is 2. The Morgan fingerprint density at radius 2 is 1.36 bits per heavy atom. The van der Waals surface area contributed by atoms with Crippen molar-refractivity contribution in [2.24, 2.45) is 0 Å². The first-order valence-electron chi connectivity index (χ1n) is 13.3. The molecular weight excluding hydrogens is 653 g/mol. The Bertz CT molecular complexity index is 1630. The first-order chi connectivity index (χ1) is 22.0. The number of halogens is 9. The Morgan fingerprint density at radius 3 is 1.91 bits per heavy atom. The minimum absolute atomic E-state index is 0.0434. The summed E-state index contributed by atoms with van der Waals surface area (Å²) in [5.41, 5.74) is -5.05. The quantitative estimate of drug-likeness (QED) is 0.120. The summed E-state index contributed by atoms with van der Waals surface area (Å²) in [5.74, 6) is -1.53. The number of nitrogens with zero attached hydrogens (tertiary/aromatic N) is 5. The average molecular weight is 676 g/mol. The lowest BCUT2D eigenvalue weighted by Gasteiger charge is -2.25. The number of anilines is 1. The Morgan fingerprint density at radius 1 is 0.766 bits per heavy atom. The van der Waals surface area contributed by atoms with E-state index in [2.05, 4.69) is 19.9 Å². The standard InChI is InChI=1S/C29H22F9N5O4/c30-27(31,32)19-4-5-23(47-26-39-6-2-7-40-26)18(11-19)16-43(25-41-13-22(14-42-25)46-8-1-3-24(44)45)15-17-9-20(28(33,34)35)12-21(10-17)29(36,37)38/h2,4-7,9-14H,1,3,8,15-16H2,(H,44,45). The van der Waals surface area contributed by atoms with Gasteiger partial charge < -0.3 is 19.5 Å². The van der Waals surface area contributed by atoms with Crippen LogP contribution in [-0.2, 0) is 36.4 Å². The molecule has 0 spiro atoms. The van der Waals surface area contributed by atoms with Crippen molar-refractivity contribution < 1.29 is 58.9 Å². The van der Waals surface area contributed by atoms with Crippen molar-refractivity contribution in [2.45, 2.75) is 44.5 Å². The molecule has 0 bridgehead atoms. The predicted molar refractivity (Wildman–Crippen MR) is 144 cm³/mol. The van der Waals surface area contributed by atoms with Gasteiger partial charge >= 0.3 is 30.5 Å². The lowest BCUT2D eigenvalue weighted by atomic mass is 10.0. The molecule has 0 saturated heterocycles. The molecular formula is C29H22F9N5O4. The highest BCUT2D eigenvalue weighted by Gasteiger charge is 2.37. The highest BCUT2D eigenvalue weighted by molar-refractivity contribution is 5.66. The molecule has 0 amide bonds. The molecule has 0 fully saturated rings. The average Bonchev–Trinajstić information content (AvgIpc) is 2.99. The Labute approximate surface area is 259 Å². The van der Waals surface area contributed by atoms with Crippen LogP contribution in [0.25, 0.3) is 0 Å². The van der Waals surface area contributed by atoms with Gasteiger partial charge in [0.15, 0.2) is 5.75 Å². The first-order valence-corrected chi connectivity index (χ1v) is 13.3. The third kappa shape index (κ3) is 9.91. The molecule has 0 saturated carbocycles. The fraction of sp³-hybridized carbons (Fsp3) is 0.276. The van der Waals surface area contributed by atoms with Crippen molar-refractivity contribution in [3.63, 3.8) is 0 Å². The van der Waals surface area contributed by atoms with Gasteiger partial charge in [-0.25, -0.2) is 19.9 Å². The molecule has 0 aliphatic carbocycles. The first kappa shape index (κ1) is 34.7. The molecule has 0 unspecified atom stereocenters. The van der Waals surface area contributed by atoms with Crippen LogP contribution in [0.2, 0.25) is 0 Å². The molecule has 2 aromatic carbocycles. The monoisotopic (exact) mass is 675 g/mol. The largest absolute Gasteiger partial charge is 0.490 e. The SMILES string of the molecule is O=C(O)CCCOc1cnc(N(Cc2cc(C(F)(F)F)cc(C(F)(F)F)c2)Cc2cc(C(F)(F)F)ccc2Oc2ncccn2)nc1. The van der Waals surface area contributed by atoms with Gasteiger partial charge in [0.25, 0.3) is 0 Å². The fourth-order valence-electron chi connectivity index (χ4n) is 4.11. The molecule has 0 radical (unpaired) electrons. The van der Waals surface area contributed by atoms with E-state index in [1.807, 2.05) is 0 Å². The van der Waals surface area contributed by atoms with E-state index < -0.39 is 59.8 Å². The number of aliphatic carboxylic acids is 1. The molecule has 18 heteroatoms. The van der Waals surface area contributed by atoms with Gasteiger partial charge in [-0.05, 0) is 54.4 Å². The number of carbonyl (C=O) groups is 1. The maximum absolute atomic E-state index is 13.7. The number of hydrogen-bond acceptors (Lipinski definition) is 8. The topological polar surface area (TPSA) is 111 Å². The smallest absolute Gasteiger partial charge is 0.416 e. The number of aromatic nitrogens is 4. The zero-order valence-electron chi connectivity index (χ0n) is 23.7. The van der Waals surface area contributed by atoms with Gasteiger partial charge in [0.2, 0.25) is 5.95 Å². The Kier molecular flexibility index (Phi) is 10.4. The van der Waals surface area contributed by atoms with Crippen molar-refractivity contribution in [2.75, 3.05) is 11.5 Å². The van der Waals surface area contributed by atoms with Crippen LogP contribution in [0.1, 0.15) is 40.7 Å². The van der Waals surface area contributed by atoms with Crippen molar-refractivity contribution in [3.05, 3.63) is 95.1 Å². The molecule has 2 aromatic heterocycles. The van der Waals surface area contributed by atoms with E-state index in [0.29, 0.717) is 24.3 Å². The summed E-state index contributed by atoms with van der Waals surface area (Å²) in [6, 6.07) is 4.46. The van der Waals surface area contributed by atoms with E-state index in [9.17, 15) is 44.3 Å². The number of carboxylic acid groups (broad SMARTS) is 1. The summed E-state index contributed by atoms with van der Waals surface area (Å²) in [6.07, 6.45) is -10.4. The maximum Gasteiger partial charge on any atom is 0.416 e. The third-order valence-electron chi connectivity index (χ3n) is 6.21. The van der Waals surface area contributed by atoms with E-state index in [1.165, 1.54) is 18.5 Å². The number of rotatable bonds is 12. The van der Waals surface area contributed by atoms with Crippen LogP contribution in [-0.4, -0.2) is 37.6 Å². The van der Waals surface area contributed by atoms with Crippen molar-refractivity contribution in [1.82, 2.24) is 19.9 Å². The van der Waals surface area contributed by atoms with Crippen LogP contribution < -0.4 is 14.4 Å². The van der Waals surface area contributed by atoms with Crippen LogP contribution in [0, 0.1) is 0 Å². The van der Waals surface area contributed by atoms with Gasteiger partial charge in [-0.2, -0.15) is 39.5 Å². The number of hydrogen-bond donors (Lipinski definition) is 1. The molecule has 0 atom stereocenters. The van der Waals surface area contributed by atoms with Crippen LogP contribution in [0.5, 0.6) is 17.5 Å². The molecule has 47 heavy (non-hydrogen) atoms. The summed E-state index contributed by atoms with van der Waals surface area (Å²) in [6.45, 7) is -1.39. The number of benzene rings is 2.